The third-order valence-corrected chi connectivity index (χ3v) is 5.60. The number of piperidine rings is 2. The fraction of sp³-hybridized carbons (Fsp3) is 0.722. The fourth-order valence-corrected chi connectivity index (χ4v) is 4.16. The number of hydrogen-bond acceptors (Lipinski definition) is 3. The molecule has 24 heavy (non-hydrogen) atoms. The molecular weight excluding hydrogens is 304 g/mol. The van der Waals surface area contributed by atoms with Gasteiger partial charge in [0.05, 0.1) is 0 Å². The standard InChI is InChI=1S/C18H28N4O2/c1-13-12-19-14(2)22(13)17-6-10-21(11-7-17)18(24)16-4-8-20(9-5-16)15(3)23/h12,16-17H,4-11H2,1-3H3. The second-order valence-corrected chi connectivity index (χ2v) is 7.15. The molecule has 2 amide bonds. The van der Waals surface area contributed by atoms with Crippen LogP contribution in [-0.2, 0) is 9.59 Å². The minimum absolute atomic E-state index is 0.0915. The van der Waals surface area contributed by atoms with Crippen LogP contribution in [-0.4, -0.2) is 57.3 Å². The molecule has 0 aliphatic carbocycles. The molecule has 0 atom stereocenters. The third kappa shape index (κ3) is 3.32. The van der Waals surface area contributed by atoms with Gasteiger partial charge < -0.3 is 14.4 Å². The molecule has 3 heterocycles. The molecule has 2 saturated heterocycles. The van der Waals surface area contributed by atoms with E-state index in [1.165, 1.54) is 5.69 Å². The SMILES string of the molecule is CC(=O)N1CCC(C(=O)N2CCC(n3c(C)cnc3C)CC2)CC1. The Labute approximate surface area is 143 Å². The molecule has 2 aliphatic heterocycles. The van der Waals surface area contributed by atoms with E-state index in [2.05, 4.69) is 16.5 Å². The van der Waals surface area contributed by atoms with Crippen molar-refractivity contribution in [3.8, 4) is 0 Å². The van der Waals surface area contributed by atoms with Crippen molar-refractivity contribution < 1.29 is 9.59 Å². The van der Waals surface area contributed by atoms with E-state index in [0.29, 0.717) is 6.04 Å². The topological polar surface area (TPSA) is 58.4 Å². The quantitative estimate of drug-likeness (QED) is 0.831. The van der Waals surface area contributed by atoms with E-state index in [1.54, 1.807) is 6.92 Å². The highest BCUT2D eigenvalue weighted by Gasteiger charge is 2.32. The summed E-state index contributed by atoms with van der Waals surface area (Å²) in [7, 11) is 0. The maximum Gasteiger partial charge on any atom is 0.225 e. The zero-order valence-electron chi connectivity index (χ0n) is 15.0. The van der Waals surface area contributed by atoms with E-state index in [-0.39, 0.29) is 17.7 Å². The van der Waals surface area contributed by atoms with Gasteiger partial charge in [-0.15, -0.1) is 0 Å². The highest BCUT2D eigenvalue weighted by molar-refractivity contribution is 5.79. The van der Waals surface area contributed by atoms with Crippen LogP contribution in [0.2, 0.25) is 0 Å². The molecule has 0 radical (unpaired) electrons. The van der Waals surface area contributed by atoms with E-state index in [9.17, 15) is 9.59 Å². The van der Waals surface area contributed by atoms with Crippen molar-refractivity contribution in [2.24, 2.45) is 5.92 Å². The first-order chi connectivity index (χ1) is 11.5. The van der Waals surface area contributed by atoms with Gasteiger partial charge in [-0.3, -0.25) is 9.59 Å². The molecule has 3 rings (SSSR count). The smallest absolute Gasteiger partial charge is 0.225 e. The first-order valence-electron chi connectivity index (χ1n) is 9.02. The number of aryl methyl sites for hydroxylation is 2. The van der Waals surface area contributed by atoms with E-state index in [4.69, 9.17) is 0 Å². The molecule has 2 aliphatic rings. The number of carbonyl (C=O) groups is 2. The van der Waals surface area contributed by atoms with Gasteiger partial charge >= 0.3 is 0 Å². The molecule has 0 saturated carbocycles. The van der Waals surface area contributed by atoms with Crippen LogP contribution >= 0.6 is 0 Å². The molecule has 132 valence electrons. The van der Waals surface area contributed by atoms with Crippen LogP contribution in [0.15, 0.2) is 6.20 Å². The van der Waals surface area contributed by atoms with Crippen LogP contribution in [0.25, 0.3) is 0 Å². The average Bonchev–Trinajstić information content (AvgIpc) is 2.93. The third-order valence-electron chi connectivity index (χ3n) is 5.60. The summed E-state index contributed by atoms with van der Waals surface area (Å²) in [5.41, 5.74) is 1.20. The Hall–Kier alpha value is -1.85. The summed E-state index contributed by atoms with van der Waals surface area (Å²) in [6.45, 7) is 8.84. The fourth-order valence-electron chi connectivity index (χ4n) is 4.16. The lowest BCUT2D eigenvalue weighted by Crippen LogP contribution is -2.46. The Bertz CT molecular complexity index is 589. The lowest BCUT2D eigenvalue weighted by Gasteiger charge is -2.37. The number of rotatable bonds is 2. The Morgan fingerprint density at radius 1 is 1.00 bits per heavy atom. The van der Waals surface area contributed by atoms with Gasteiger partial charge in [0, 0.05) is 57.0 Å². The molecule has 0 aromatic carbocycles. The van der Waals surface area contributed by atoms with Crippen LogP contribution in [0.4, 0.5) is 0 Å². The number of carbonyl (C=O) groups excluding carboxylic acids is 2. The Balaban J connectivity index is 1.53. The molecule has 0 unspecified atom stereocenters. The van der Waals surface area contributed by atoms with Gasteiger partial charge in [0.15, 0.2) is 0 Å². The largest absolute Gasteiger partial charge is 0.343 e. The minimum atomic E-state index is 0.0915. The first kappa shape index (κ1) is 17.0. The summed E-state index contributed by atoms with van der Waals surface area (Å²) in [6, 6.07) is 0.455. The van der Waals surface area contributed by atoms with Crippen molar-refractivity contribution in [1.29, 1.82) is 0 Å². The van der Waals surface area contributed by atoms with Crippen LogP contribution < -0.4 is 0 Å². The second-order valence-electron chi connectivity index (χ2n) is 7.15. The number of likely N-dealkylation sites (tertiary alicyclic amines) is 2. The summed E-state index contributed by atoms with van der Waals surface area (Å²) in [5, 5.41) is 0. The molecule has 1 aromatic rings. The molecule has 0 spiro atoms. The van der Waals surface area contributed by atoms with E-state index in [0.717, 1.165) is 57.7 Å². The molecule has 0 N–H and O–H groups in total. The van der Waals surface area contributed by atoms with Crippen molar-refractivity contribution >= 4 is 11.8 Å². The second kappa shape index (κ2) is 6.95. The van der Waals surface area contributed by atoms with Gasteiger partial charge in [0.25, 0.3) is 0 Å². The maximum absolute atomic E-state index is 12.8. The van der Waals surface area contributed by atoms with Crippen molar-refractivity contribution in [2.75, 3.05) is 26.2 Å². The highest BCUT2D eigenvalue weighted by Crippen LogP contribution is 2.28. The molecule has 1 aromatic heterocycles. The van der Waals surface area contributed by atoms with Gasteiger partial charge in [-0.1, -0.05) is 0 Å². The van der Waals surface area contributed by atoms with Crippen LogP contribution in [0, 0.1) is 19.8 Å². The zero-order chi connectivity index (χ0) is 17.3. The van der Waals surface area contributed by atoms with Crippen LogP contribution in [0.3, 0.4) is 0 Å². The minimum Gasteiger partial charge on any atom is -0.343 e. The average molecular weight is 332 g/mol. The number of imidazole rings is 1. The Kier molecular flexibility index (Phi) is 4.92. The number of nitrogens with zero attached hydrogens (tertiary/aromatic N) is 4. The first-order valence-corrected chi connectivity index (χ1v) is 9.02. The van der Waals surface area contributed by atoms with E-state index >= 15 is 0 Å². The zero-order valence-corrected chi connectivity index (χ0v) is 15.0. The molecule has 0 bridgehead atoms. The summed E-state index contributed by atoms with van der Waals surface area (Å²) < 4.78 is 2.31. The number of amides is 2. The maximum atomic E-state index is 12.8. The number of hydrogen-bond donors (Lipinski definition) is 0. The van der Waals surface area contributed by atoms with Gasteiger partial charge in [-0.05, 0) is 39.5 Å². The molecule has 2 fully saturated rings. The van der Waals surface area contributed by atoms with Gasteiger partial charge in [0.1, 0.15) is 5.82 Å². The van der Waals surface area contributed by atoms with Crippen molar-refractivity contribution in [3.63, 3.8) is 0 Å². The summed E-state index contributed by atoms with van der Waals surface area (Å²) in [6.07, 6.45) is 5.53. The van der Waals surface area contributed by atoms with E-state index in [1.807, 2.05) is 22.9 Å². The Morgan fingerprint density at radius 2 is 1.58 bits per heavy atom. The van der Waals surface area contributed by atoms with E-state index < -0.39 is 0 Å². The summed E-state index contributed by atoms with van der Waals surface area (Å²) in [5.74, 6) is 1.56. The van der Waals surface area contributed by atoms with Crippen molar-refractivity contribution in [1.82, 2.24) is 19.4 Å². The molecular formula is C18H28N4O2. The molecule has 6 nitrogen and oxygen atoms in total. The lowest BCUT2D eigenvalue weighted by molar-refractivity contribution is -0.141. The van der Waals surface area contributed by atoms with Crippen LogP contribution in [0.5, 0.6) is 0 Å². The predicted molar refractivity (Wildman–Crippen MR) is 91.5 cm³/mol. The summed E-state index contributed by atoms with van der Waals surface area (Å²) >= 11 is 0. The van der Waals surface area contributed by atoms with Gasteiger partial charge in [0.2, 0.25) is 11.8 Å². The molecule has 6 heteroatoms. The van der Waals surface area contributed by atoms with Gasteiger partial charge in [-0.25, -0.2) is 4.98 Å². The predicted octanol–water partition coefficient (Wildman–Crippen LogP) is 1.92. The van der Waals surface area contributed by atoms with Crippen LogP contribution in [0.1, 0.15) is 50.2 Å². The monoisotopic (exact) mass is 332 g/mol. The normalized spacial score (nSPS) is 20.5. The number of aromatic nitrogens is 2. The van der Waals surface area contributed by atoms with Crippen molar-refractivity contribution in [3.05, 3.63) is 17.7 Å². The van der Waals surface area contributed by atoms with Gasteiger partial charge in [-0.2, -0.15) is 0 Å². The highest BCUT2D eigenvalue weighted by atomic mass is 16.2. The lowest BCUT2D eigenvalue weighted by atomic mass is 9.93. The van der Waals surface area contributed by atoms with Crippen molar-refractivity contribution in [2.45, 2.75) is 52.5 Å². The summed E-state index contributed by atoms with van der Waals surface area (Å²) in [4.78, 5) is 32.4. The Morgan fingerprint density at radius 3 is 2.08 bits per heavy atom.